The molecule has 0 aromatic heterocycles. The smallest absolute Gasteiger partial charge is 0.232 e. The van der Waals surface area contributed by atoms with Crippen molar-refractivity contribution in [1.29, 1.82) is 0 Å². The molecule has 20 heavy (non-hydrogen) atoms. The van der Waals surface area contributed by atoms with Crippen LogP contribution in [0.3, 0.4) is 0 Å². The molecule has 0 atom stereocenters. The third-order valence-corrected chi connectivity index (χ3v) is 4.15. The Morgan fingerprint density at radius 2 is 2.00 bits per heavy atom. The first-order valence-corrected chi connectivity index (χ1v) is 8.16. The van der Waals surface area contributed by atoms with Gasteiger partial charge in [0.1, 0.15) is 10.8 Å². The number of halogens is 1. The predicted molar refractivity (Wildman–Crippen MR) is 83.8 cm³/mol. The molecule has 0 aliphatic rings. The van der Waals surface area contributed by atoms with E-state index >= 15 is 0 Å². The van der Waals surface area contributed by atoms with Crippen molar-refractivity contribution in [2.45, 2.75) is 27.2 Å². The molecule has 0 aliphatic heterocycles. The zero-order valence-electron chi connectivity index (χ0n) is 11.7. The quantitative estimate of drug-likeness (QED) is 0.819. The van der Waals surface area contributed by atoms with Gasteiger partial charge in [0.2, 0.25) is 10.0 Å². The molecule has 0 saturated carbocycles. The van der Waals surface area contributed by atoms with Crippen molar-refractivity contribution in [2.24, 2.45) is 11.1 Å². The second kappa shape index (κ2) is 6.05. The number of sulfonamides is 1. The van der Waals surface area contributed by atoms with Crippen molar-refractivity contribution in [1.82, 2.24) is 0 Å². The van der Waals surface area contributed by atoms with Crippen LogP contribution in [-0.4, -0.2) is 19.2 Å². The number of thiocarbonyl (C=S) groups is 1. The minimum absolute atomic E-state index is 0.0611. The Morgan fingerprint density at radius 3 is 2.45 bits per heavy atom. The van der Waals surface area contributed by atoms with Crippen LogP contribution in [0.5, 0.6) is 0 Å². The number of nitrogens with two attached hydrogens (primary N) is 1. The molecule has 0 spiro atoms. The fraction of sp³-hybridized carbons (Fsp3) is 0.462. The van der Waals surface area contributed by atoms with Crippen molar-refractivity contribution in [3.63, 3.8) is 0 Å². The van der Waals surface area contributed by atoms with E-state index in [2.05, 4.69) is 4.72 Å². The summed E-state index contributed by atoms with van der Waals surface area (Å²) >= 11 is 4.73. The van der Waals surface area contributed by atoms with E-state index in [1.807, 2.05) is 20.8 Å². The van der Waals surface area contributed by atoms with E-state index in [-0.39, 0.29) is 21.8 Å². The lowest BCUT2D eigenvalue weighted by molar-refractivity contribution is 0.397. The van der Waals surface area contributed by atoms with Gasteiger partial charge in [-0.2, -0.15) is 0 Å². The summed E-state index contributed by atoms with van der Waals surface area (Å²) in [5, 5.41) is 0. The van der Waals surface area contributed by atoms with Crippen molar-refractivity contribution < 1.29 is 12.8 Å². The second-order valence-corrected chi connectivity index (χ2v) is 8.07. The molecule has 3 N–H and O–H groups in total. The highest BCUT2D eigenvalue weighted by atomic mass is 32.2. The van der Waals surface area contributed by atoms with Gasteiger partial charge < -0.3 is 5.73 Å². The standard InChI is InChI=1S/C13H19FN2O2S2/c1-13(2,3)6-7-20(17,18)16-11-5-4-9(12(15)19)8-10(11)14/h4-5,8,16H,6-7H2,1-3H3,(H2,15,19). The molecule has 1 rings (SSSR count). The SMILES string of the molecule is CC(C)(C)CCS(=O)(=O)Nc1ccc(C(N)=S)cc1F. The predicted octanol–water partition coefficient (Wildman–Crippen LogP) is 2.64. The van der Waals surface area contributed by atoms with Gasteiger partial charge in [-0.05, 0) is 30.0 Å². The van der Waals surface area contributed by atoms with Gasteiger partial charge in [-0.25, -0.2) is 12.8 Å². The molecule has 0 saturated heterocycles. The summed E-state index contributed by atoms with van der Waals surface area (Å²) in [6, 6.07) is 3.91. The lowest BCUT2D eigenvalue weighted by atomic mass is 9.94. The normalized spacial score (nSPS) is 12.2. The van der Waals surface area contributed by atoms with Gasteiger partial charge in [0.15, 0.2) is 0 Å². The first-order chi connectivity index (χ1) is 9.00. The summed E-state index contributed by atoms with van der Waals surface area (Å²) in [6.07, 6.45) is 0.481. The minimum atomic E-state index is -3.58. The van der Waals surface area contributed by atoms with Crippen LogP contribution in [-0.2, 0) is 10.0 Å². The average molecular weight is 318 g/mol. The zero-order valence-corrected chi connectivity index (χ0v) is 13.4. The van der Waals surface area contributed by atoms with E-state index in [0.717, 1.165) is 6.07 Å². The van der Waals surface area contributed by atoms with Crippen LogP contribution in [0.2, 0.25) is 0 Å². The van der Waals surface area contributed by atoms with E-state index in [1.165, 1.54) is 12.1 Å². The summed E-state index contributed by atoms with van der Waals surface area (Å²) in [5.41, 5.74) is 5.53. The summed E-state index contributed by atoms with van der Waals surface area (Å²) in [4.78, 5) is 0.0611. The zero-order chi connectivity index (χ0) is 15.6. The Morgan fingerprint density at radius 1 is 1.40 bits per heavy atom. The molecule has 0 unspecified atom stereocenters. The molecule has 0 heterocycles. The Labute approximate surface area is 124 Å². The maximum absolute atomic E-state index is 13.8. The Hall–Kier alpha value is -1.21. The molecule has 4 nitrogen and oxygen atoms in total. The molecule has 112 valence electrons. The molecular formula is C13H19FN2O2S2. The van der Waals surface area contributed by atoms with E-state index in [4.69, 9.17) is 18.0 Å². The summed E-state index contributed by atoms with van der Waals surface area (Å²) < 4.78 is 39.8. The van der Waals surface area contributed by atoms with Crippen LogP contribution < -0.4 is 10.5 Å². The van der Waals surface area contributed by atoms with Crippen LogP contribution in [0.1, 0.15) is 32.8 Å². The van der Waals surface area contributed by atoms with E-state index in [0.29, 0.717) is 12.0 Å². The lowest BCUT2D eigenvalue weighted by Crippen LogP contribution is -2.21. The molecule has 1 aromatic carbocycles. The first-order valence-electron chi connectivity index (χ1n) is 6.10. The maximum Gasteiger partial charge on any atom is 0.232 e. The van der Waals surface area contributed by atoms with E-state index < -0.39 is 15.8 Å². The molecule has 0 fully saturated rings. The number of anilines is 1. The van der Waals surface area contributed by atoms with Crippen LogP contribution in [0, 0.1) is 11.2 Å². The molecule has 0 aliphatic carbocycles. The molecule has 0 radical (unpaired) electrons. The monoisotopic (exact) mass is 318 g/mol. The highest BCUT2D eigenvalue weighted by molar-refractivity contribution is 7.92. The van der Waals surface area contributed by atoms with E-state index in [9.17, 15) is 12.8 Å². The molecule has 0 amide bonds. The maximum atomic E-state index is 13.8. The number of hydrogen-bond acceptors (Lipinski definition) is 3. The largest absolute Gasteiger partial charge is 0.389 e. The van der Waals surface area contributed by atoms with Gasteiger partial charge in [0.05, 0.1) is 11.4 Å². The lowest BCUT2D eigenvalue weighted by Gasteiger charge is -2.18. The van der Waals surface area contributed by atoms with Crippen molar-refractivity contribution in [3.8, 4) is 0 Å². The number of benzene rings is 1. The Balaban J connectivity index is 2.85. The number of nitrogens with one attached hydrogen (secondary N) is 1. The fourth-order valence-electron chi connectivity index (χ4n) is 1.41. The topological polar surface area (TPSA) is 72.2 Å². The summed E-state index contributed by atoms with van der Waals surface area (Å²) in [6.45, 7) is 5.83. The Bertz CT molecular complexity index is 607. The van der Waals surface area contributed by atoms with Crippen LogP contribution in [0.25, 0.3) is 0 Å². The second-order valence-electron chi connectivity index (χ2n) is 5.79. The van der Waals surface area contributed by atoms with Crippen molar-refractivity contribution in [2.75, 3.05) is 10.5 Å². The van der Waals surface area contributed by atoms with Crippen LogP contribution in [0.15, 0.2) is 18.2 Å². The fourth-order valence-corrected chi connectivity index (χ4v) is 3.02. The third kappa shape index (κ3) is 5.42. The molecule has 7 heteroatoms. The molecular weight excluding hydrogens is 299 g/mol. The van der Waals surface area contributed by atoms with Crippen molar-refractivity contribution in [3.05, 3.63) is 29.6 Å². The molecule has 0 bridgehead atoms. The van der Waals surface area contributed by atoms with Gasteiger partial charge in [-0.1, -0.05) is 33.0 Å². The van der Waals surface area contributed by atoms with Crippen LogP contribution >= 0.6 is 12.2 Å². The molecule has 1 aromatic rings. The van der Waals surface area contributed by atoms with Gasteiger partial charge in [-0.3, -0.25) is 4.72 Å². The number of rotatable bonds is 5. The highest BCUT2D eigenvalue weighted by Crippen LogP contribution is 2.21. The van der Waals surface area contributed by atoms with Gasteiger partial charge in [-0.15, -0.1) is 0 Å². The summed E-state index contributed by atoms with van der Waals surface area (Å²) in [5.74, 6) is -0.762. The first kappa shape index (κ1) is 16.8. The minimum Gasteiger partial charge on any atom is -0.389 e. The average Bonchev–Trinajstić information content (AvgIpc) is 2.28. The summed E-state index contributed by atoms with van der Waals surface area (Å²) in [7, 11) is -3.58. The van der Waals surface area contributed by atoms with Crippen LogP contribution in [0.4, 0.5) is 10.1 Å². The van der Waals surface area contributed by atoms with Gasteiger partial charge >= 0.3 is 0 Å². The Kier molecular flexibility index (Phi) is 5.10. The third-order valence-electron chi connectivity index (χ3n) is 2.64. The van der Waals surface area contributed by atoms with Gasteiger partial charge in [0.25, 0.3) is 0 Å². The van der Waals surface area contributed by atoms with Gasteiger partial charge in [0, 0.05) is 5.56 Å². The van der Waals surface area contributed by atoms with E-state index in [1.54, 1.807) is 0 Å². The highest BCUT2D eigenvalue weighted by Gasteiger charge is 2.18. The number of hydrogen-bond donors (Lipinski definition) is 2. The van der Waals surface area contributed by atoms with Crippen molar-refractivity contribution >= 4 is 32.9 Å².